The van der Waals surface area contributed by atoms with Crippen molar-refractivity contribution in [3.63, 3.8) is 0 Å². The molecule has 2 aromatic carbocycles. The zero-order valence-electron chi connectivity index (χ0n) is 15.3. The van der Waals surface area contributed by atoms with Gasteiger partial charge in [0.2, 0.25) is 5.91 Å². The Morgan fingerprint density at radius 1 is 1.22 bits per heavy atom. The fourth-order valence-electron chi connectivity index (χ4n) is 2.79. The third kappa shape index (κ3) is 3.95. The first-order valence-corrected chi connectivity index (χ1v) is 9.50. The van der Waals surface area contributed by atoms with Gasteiger partial charge in [-0.15, -0.1) is 6.58 Å². The number of benzene rings is 2. The molecule has 0 fully saturated rings. The summed E-state index contributed by atoms with van der Waals surface area (Å²) >= 11 is 1.28. The molecule has 0 aliphatic heterocycles. The Bertz CT molecular complexity index is 1030. The predicted octanol–water partition coefficient (Wildman–Crippen LogP) is 3.73. The van der Waals surface area contributed by atoms with Crippen LogP contribution >= 0.6 is 11.8 Å². The van der Waals surface area contributed by atoms with Gasteiger partial charge >= 0.3 is 0 Å². The van der Waals surface area contributed by atoms with Crippen molar-refractivity contribution >= 4 is 34.3 Å². The van der Waals surface area contributed by atoms with Crippen molar-refractivity contribution in [1.82, 2.24) is 9.55 Å². The summed E-state index contributed by atoms with van der Waals surface area (Å²) in [7, 11) is 1.75. The maximum Gasteiger partial charge on any atom is 0.262 e. The number of anilines is 1. The minimum atomic E-state index is -0.403. The van der Waals surface area contributed by atoms with Gasteiger partial charge in [0.15, 0.2) is 5.16 Å². The van der Waals surface area contributed by atoms with Crippen LogP contribution in [0.4, 0.5) is 5.69 Å². The molecule has 1 amide bonds. The molecule has 0 radical (unpaired) electrons. The molecule has 0 saturated carbocycles. The number of hydrogen-bond donors (Lipinski definition) is 0. The highest BCUT2D eigenvalue weighted by molar-refractivity contribution is 8.00. The number of amides is 1. The van der Waals surface area contributed by atoms with Gasteiger partial charge < -0.3 is 4.90 Å². The van der Waals surface area contributed by atoms with Gasteiger partial charge in [-0.2, -0.15) is 0 Å². The Kier molecular flexibility index (Phi) is 5.76. The first-order valence-electron chi connectivity index (χ1n) is 8.62. The molecular formula is C21H21N3O2S. The molecule has 3 aromatic rings. The third-order valence-electron chi connectivity index (χ3n) is 4.24. The number of hydrogen-bond acceptors (Lipinski definition) is 4. The van der Waals surface area contributed by atoms with Crippen LogP contribution in [0.15, 0.2) is 77.2 Å². The SMILES string of the molecule is C=CCn1c(SC(C)C(=O)N(C)c2ccccc2)nc2ccccc2c1=O. The van der Waals surface area contributed by atoms with Gasteiger partial charge in [0, 0.05) is 19.3 Å². The molecule has 0 saturated heterocycles. The van der Waals surface area contributed by atoms with Crippen molar-refractivity contribution in [1.29, 1.82) is 0 Å². The molecule has 3 rings (SSSR count). The Morgan fingerprint density at radius 2 is 1.89 bits per heavy atom. The van der Waals surface area contributed by atoms with E-state index in [1.807, 2.05) is 55.5 Å². The molecular weight excluding hydrogens is 358 g/mol. The normalized spacial score (nSPS) is 11.9. The minimum Gasteiger partial charge on any atom is -0.315 e. The second kappa shape index (κ2) is 8.22. The van der Waals surface area contributed by atoms with E-state index in [1.165, 1.54) is 11.8 Å². The van der Waals surface area contributed by atoms with Crippen LogP contribution in [0.3, 0.4) is 0 Å². The molecule has 138 valence electrons. The zero-order chi connectivity index (χ0) is 19.4. The Labute approximate surface area is 162 Å². The summed E-state index contributed by atoms with van der Waals surface area (Å²) < 4.78 is 1.56. The molecule has 0 spiro atoms. The van der Waals surface area contributed by atoms with E-state index in [0.717, 1.165) is 5.69 Å². The minimum absolute atomic E-state index is 0.0567. The number of thioether (sulfide) groups is 1. The topological polar surface area (TPSA) is 55.2 Å². The Morgan fingerprint density at radius 3 is 2.59 bits per heavy atom. The number of para-hydroxylation sites is 2. The molecule has 0 aliphatic rings. The Hall–Kier alpha value is -2.86. The van der Waals surface area contributed by atoms with Gasteiger partial charge in [-0.05, 0) is 31.2 Å². The second-order valence-electron chi connectivity index (χ2n) is 6.11. The third-order valence-corrected chi connectivity index (χ3v) is 5.32. The van der Waals surface area contributed by atoms with E-state index in [-0.39, 0.29) is 11.5 Å². The van der Waals surface area contributed by atoms with Crippen LogP contribution in [0.1, 0.15) is 6.92 Å². The zero-order valence-corrected chi connectivity index (χ0v) is 16.1. The monoisotopic (exact) mass is 379 g/mol. The maximum absolute atomic E-state index is 12.8. The molecule has 1 aromatic heterocycles. The van der Waals surface area contributed by atoms with Gasteiger partial charge in [0.05, 0.1) is 16.2 Å². The van der Waals surface area contributed by atoms with E-state index in [0.29, 0.717) is 22.6 Å². The standard InChI is InChI=1S/C21H21N3O2S/c1-4-14-24-20(26)17-12-8-9-13-18(17)22-21(24)27-15(2)19(25)23(3)16-10-6-5-7-11-16/h4-13,15H,1,14H2,2-3H3. The van der Waals surface area contributed by atoms with Gasteiger partial charge in [-0.25, -0.2) is 4.98 Å². The van der Waals surface area contributed by atoms with Crippen molar-refractivity contribution in [3.8, 4) is 0 Å². The first kappa shape index (κ1) is 18.9. The van der Waals surface area contributed by atoms with Gasteiger partial charge in [0.1, 0.15) is 0 Å². The van der Waals surface area contributed by atoms with Crippen LogP contribution in [0.5, 0.6) is 0 Å². The molecule has 6 heteroatoms. The highest BCUT2D eigenvalue weighted by Gasteiger charge is 2.22. The number of aromatic nitrogens is 2. The van der Waals surface area contributed by atoms with Gasteiger partial charge in [-0.3, -0.25) is 14.2 Å². The van der Waals surface area contributed by atoms with Gasteiger partial charge in [-0.1, -0.05) is 48.2 Å². The van der Waals surface area contributed by atoms with E-state index >= 15 is 0 Å². The lowest BCUT2D eigenvalue weighted by Gasteiger charge is -2.22. The number of fused-ring (bicyclic) bond motifs is 1. The van der Waals surface area contributed by atoms with Crippen molar-refractivity contribution in [2.45, 2.75) is 23.9 Å². The summed E-state index contributed by atoms with van der Waals surface area (Å²) in [5.41, 5.74) is 1.32. The molecule has 27 heavy (non-hydrogen) atoms. The average Bonchev–Trinajstić information content (AvgIpc) is 2.70. The average molecular weight is 379 g/mol. The number of rotatable bonds is 6. The van der Waals surface area contributed by atoms with Crippen LogP contribution in [0.2, 0.25) is 0 Å². The smallest absolute Gasteiger partial charge is 0.262 e. The van der Waals surface area contributed by atoms with Crippen molar-refractivity contribution in [3.05, 3.63) is 77.6 Å². The Balaban J connectivity index is 1.93. The molecule has 0 bridgehead atoms. The van der Waals surface area contributed by atoms with Crippen LogP contribution < -0.4 is 10.5 Å². The van der Waals surface area contributed by atoms with E-state index < -0.39 is 5.25 Å². The number of allylic oxidation sites excluding steroid dienone is 1. The lowest BCUT2D eigenvalue weighted by molar-refractivity contribution is -0.117. The summed E-state index contributed by atoms with van der Waals surface area (Å²) in [5, 5.41) is 0.671. The van der Waals surface area contributed by atoms with Crippen LogP contribution in [-0.4, -0.2) is 27.8 Å². The van der Waals surface area contributed by atoms with Crippen LogP contribution in [-0.2, 0) is 11.3 Å². The van der Waals surface area contributed by atoms with E-state index in [2.05, 4.69) is 11.6 Å². The van der Waals surface area contributed by atoms with E-state index in [1.54, 1.807) is 28.7 Å². The van der Waals surface area contributed by atoms with Crippen LogP contribution in [0.25, 0.3) is 10.9 Å². The summed E-state index contributed by atoms with van der Waals surface area (Å²) in [6, 6.07) is 16.7. The largest absolute Gasteiger partial charge is 0.315 e. The van der Waals surface area contributed by atoms with Crippen molar-refractivity contribution < 1.29 is 4.79 Å². The fraction of sp³-hybridized carbons (Fsp3) is 0.190. The quantitative estimate of drug-likeness (QED) is 0.372. The predicted molar refractivity (Wildman–Crippen MR) is 111 cm³/mol. The number of carbonyl (C=O) groups is 1. The summed E-state index contributed by atoms with van der Waals surface area (Å²) in [6.07, 6.45) is 1.66. The van der Waals surface area contributed by atoms with Crippen molar-refractivity contribution in [2.75, 3.05) is 11.9 Å². The molecule has 1 unspecified atom stereocenters. The van der Waals surface area contributed by atoms with Gasteiger partial charge in [0.25, 0.3) is 5.56 Å². The van der Waals surface area contributed by atoms with Crippen molar-refractivity contribution in [2.24, 2.45) is 0 Å². The molecule has 5 nitrogen and oxygen atoms in total. The molecule has 1 heterocycles. The lowest BCUT2D eigenvalue weighted by atomic mass is 10.2. The maximum atomic E-state index is 12.8. The summed E-state index contributed by atoms with van der Waals surface area (Å²) in [6.45, 7) is 5.90. The van der Waals surface area contributed by atoms with Crippen LogP contribution in [0, 0.1) is 0 Å². The lowest BCUT2D eigenvalue weighted by Crippen LogP contribution is -2.34. The summed E-state index contributed by atoms with van der Waals surface area (Å²) in [4.78, 5) is 31.9. The number of carbonyl (C=O) groups excluding carboxylic acids is 1. The highest BCUT2D eigenvalue weighted by atomic mass is 32.2. The van der Waals surface area contributed by atoms with E-state index in [4.69, 9.17) is 0 Å². The van der Waals surface area contributed by atoms with E-state index in [9.17, 15) is 9.59 Å². The molecule has 0 N–H and O–H groups in total. The summed E-state index contributed by atoms with van der Waals surface area (Å²) in [5.74, 6) is -0.0567. The molecule has 1 atom stereocenters. The fourth-order valence-corrected chi connectivity index (χ4v) is 3.80. The number of nitrogens with zero attached hydrogens (tertiary/aromatic N) is 3. The highest BCUT2D eigenvalue weighted by Crippen LogP contribution is 2.25. The first-order chi connectivity index (χ1) is 13.0. The molecule has 0 aliphatic carbocycles. The second-order valence-corrected chi connectivity index (χ2v) is 7.42.